The lowest BCUT2D eigenvalue weighted by Crippen LogP contribution is -2.06. The Morgan fingerprint density at radius 1 is 1.17 bits per heavy atom. The summed E-state index contributed by atoms with van der Waals surface area (Å²) in [6.07, 6.45) is 3.10. The molecule has 0 spiro atoms. The van der Waals surface area contributed by atoms with Gasteiger partial charge >= 0.3 is 5.97 Å². The van der Waals surface area contributed by atoms with Gasteiger partial charge in [-0.05, 0) is 61.4 Å². The van der Waals surface area contributed by atoms with Crippen molar-refractivity contribution in [3.8, 4) is 11.1 Å². The van der Waals surface area contributed by atoms with Crippen LogP contribution in [-0.2, 0) is 34.1 Å². The zero-order valence-electron chi connectivity index (χ0n) is 16.7. The summed E-state index contributed by atoms with van der Waals surface area (Å²) in [4.78, 5) is 10.8. The Hall–Kier alpha value is -2.67. The number of thiol groups is 1. The highest BCUT2D eigenvalue weighted by molar-refractivity contribution is 7.71. The van der Waals surface area contributed by atoms with E-state index in [4.69, 9.17) is 10.2 Å². The van der Waals surface area contributed by atoms with Gasteiger partial charge in [0.05, 0.1) is 17.0 Å². The van der Waals surface area contributed by atoms with Gasteiger partial charge < -0.3 is 5.11 Å². The fraction of sp³-hybridized carbons (Fsp3) is 0.364. The minimum atomic E-state index is -2.50. The number of hydrogen-bond acceptors (Lipinski definition) is 4. The third kappa shape index (κ3) is 4.85. The van der Waals surface area contributed by atoms with E-state index in [9.17, 15) is 13.2 Å². The van der Waals surface area contributed by atoms with Crippen LogP contribution in [0.5, 0.6) is 0 Å². The lowest BCUT2D eigenvalue weighted by atomic mass is 9.94. The molecule has 0 unspecified atom stereocenters. The summed E-state index contributed by atoms with van der Waals surface area (Å²) in [7, 11) is -2.50. The standard InChI is InChI=1S/C22H26N2O4S/c1-3-18-11-12-20-22(17-8-6-7-16(13-17)14-29(27)28)19(15(2)23-24(18)20)9-4-5-10-21(25)26/h6-8,11-13,29H,3-5,9-10,14H2,1-2H3,(H,25,26). The van der Waals surface area contributed by atoms with Crippen molar-refractivity contribution in [3.63, 3.8) is 0 Å². The molecule has 0 atom stereocenters. The maximum absolute atomic E-state index is 11.2. The van der Waals surface area contributed by atoms with Crippen LogP contribution in [0.15, 0.2) is 36.4 Å². The lowest BCUT2D eigenvalue weighted by molar-refractivity contribution is -0.137. The molecule has 29 heavy (non-hydrogen) atoms. The minimum Gasteiger partial charge on any atom is -0.481 e. The largest absolute Gasteiger partial charge is 0.481 e. The van der Waals surface area contributed by atoms with Crippen molar-refractivity contribution in [2.24, 2.45) is 0 Å². The number of carboxylic acid groups (broad SMARTS) is 1. The zero-order valence-corrected chi connectivity index (χ0v) is 17.6. The molecule has 0 saturated heterocycles. The average molecular weight is 415 g/mol. The van der Waals surface area contributed by atoms with Gasteiger partial charge in [-0.25, -0.2) is 12.9 Å². The Morgan fingerprint density at radius 2 is 1.97 bits per heavy atom. The molecule has 0 aliphatic heterocycles. The fourth-order valence-corrected chi connectivity index (χ4v) is 4.27. The summed E-state index contributed by atoms with van der Waals surface area (Å²) >= 11 is 0. The van der Waals surface area contributed by atoms with E-state index >= 15 is 0 Å². The Kier molecular flexibility index (Phi) is 6.69. The summed E-state index contributed by atoms with van der Waals surface area (Å²) in [5, 5.41) is 13.7. The third-order valence-electron chi connectivity index (χ3n) is 5.14. The topological polar surface area (TPSA) is 88.7 Å². The van der Waals surface area contributed by atoms with Gasteiger partial charge in [-0.2, -0.15) is 5.10 Å². The summed E-state index contributed by atoms with van der Waals surface area (Å²) < 4.78 is 24.4. The van der Waals surface area contributed by atoms with E-state index in [0.717, 1.165) is 58.4 Å². The molecule has 0 saturated carbocycles. The van der Waals surface area contributed by atoms with Crippen LogP contribution in [0.2, 0.25) is 0 Å². The number of nitrogens with zero attached hydrogens (tertiary/aromatic N) is 2. The van der Waals surface area contributed by atoms with Crippen LogP contribution in [0.4, 0.5) is 0 Å². The number of aliphatic carboxylic acids is 1. The monoisotopic (exact) mass is 414 g/mol. The number of aryl methyl sites for hydroxylation is 2. The van der Waals surface area contributed by atoms with Crippen molar-refractivity contribution in [1.82, 2.24) is 9.61 Å². The molecular weight excluding hydrogens is 388 g/mol. The summed E-state index contributed by atoms with van der Waals surface area (Å²) in [5.41, 5.74) is 6.87. The van der Waals surface area contributed by atoms with Gasteiger partial charge in [-0.15, -0.1) is 0 Å². The number of aromatic nitrogens is 2. The number of rotatable bonds is 9. The number of benzene rings is 1. The van der Waals surface area contributed by atoms with Crippen molar-refractivity contribution in [3.05, 3.63) is 58.9 Å². The van der Waals surface area contributed by atoms with Gasteiger partial charge in [0, 0.05) is 17.7 Å². The van der Waals surface area contributed by atoms with Crippen molar-refractivity contribution in [1.29, 1.82) is 0 Å². The number of carbonyl (C=O) groups is 1. The van der Waals surface area contributed by atoms with E-state index < -0.39 is 16.7 Å². The molecule has 0 fully saturated rings. The summed E-state index contributed by atoms with van der Waals surface area (Å²) in [6, 6.07) is 11.8. The van der Waals surface area contributed by atoms with Crippen LogP contribution in [0.25, 0.3) is 16.6 Å². The molecule has 1 aromatic carbocycles. The average Bonchev–Trinajstić information content (AvgIpc) is 3.06. The van der Waals surface area contributed by atoms with Crippen LogP contribution in [-0.4, -0.2) is 29.1 Å². The van der Waals surface area contributed by atoms with Crippen molar-refractivity contribution >= 4 is 22.2 Å². The van der Waals surface area contributed by atoms with Gasteiger partial charge in [-0.3, -0.25) is 4.79 Å². The first kappa shape index (κ1) is 21.0. The van der Waals surface area contributed by atoms with Gasteiger partial charge in [0.2, 0.25) is 0 Å². The first-order chi connectivity index (χ1) is 13.9. The second-order valence-electron chi connectivity index (χ2n) is 7.21. The first-order valence-electron chi connectivity index (χ1n) is 9.83. The SMILES string of the molecule is CCc1ccc2c(-c3cccc(C[SH](=O)=O)c3)c(CCCCC(=O)O)c(C)nn12. The van der Waals surface area contributed by atoms with Gasteiger partial charge in [0.1, 0.15) is 10.7 Å². The molecule has 0 amide bonds. The van der Waals surface area contributed by atoms with E-state index in [0.29, 0.717) is 6.42 Å². The molecule has 2 aromatic heterocycles. The predicted octanol–water partition coefficient (Wildman–Crippen LogP) is 3.78. The first-order valence-corrected chi connectivity index (χ1v) is 11.2. The third-order valence-corrected chi connectivity index (χ3v) is 5.76. The maximum Gasteiger partial charge on any atom is 0.303 e. The summed E-state index contributed by atoms with van der Waals surface area (Å²) in [6.45, 7) is 4.07. The van der Waals surface area contributed by atoms with Gasteiger partial charge in [-0.1, -0.05) is 31.2 Å². The molecule has 1 N–H and O–H groups in total. The molecule has 0 radical (unpaired) electrons. The van der Waals surface area contributed by atoms with Gasteiger partial charge in [0.25, 0.3) is 0 Å². The van der Waals surface area contributed by atoms with Crippen LogP contribution in [0, 0.1) is 6.92 Å². The smallest absolute Gasteiger partial charge is 0.303 e. The second kappa shape index (κ2) is 9.22. The van der Waals surface area contributed by atoms with E-state index in [-0.39, 0.29) is 12.2 Å². The molecular formula is C22H26N2O4S. The highest BCUT2D eigenvalue weighted by Crippen LogP contribution is 2.33. The molecule has 3 rings (SSSR count). The van der Waals surface area contributed by atoms with E-state index in [1.54, 1.807) is 0 Å². The zero-order chi connectivity index (χ0) is 21.0. The predicted molar refractivity (Wildman–Crippen MR) is 114 cm³/mol. The molecule has 0 aliphatic carbocycles. The van der Waals surface area contributed by atoms with Crippen molar-refractivity contribution < 1.29 is 18.3 Å². The molecule has 0 aliphatic rings. The normalized spacial score (nSPS) is 11.4. The maximum atomic E-state index is 11.2. The van der Waals surface area contributed by atoms with Crippen molar-refractivity contribution in [2.75, 3.05) is 0 Å². The van der Waals surface area contributed by atoms with E-state index in [1.165, 1.54) is 0 Å². The fourth-order valence-electron chi connectivity index (χ4n) is 3.77. The number of fused-ring (bicyclic) bond motifs is 1. The van der Waals surface area contributed by atoms with E-state index in [1.807, 2.05) is 35.7 Å². The molecule has 0 bridgehead atoms. The van der Waals surface area contributed by atoms with Crippen LogP contribution < -0.4 is 0 Å². The minimum absolute atomic E-state index is 0.0126. The number of unbranched alkanes of at least 4 members (excludes halogenated alkanes) is 1. The Morgan fingerprint density at radius 3 is 2.66 bits per heavy atom. The number of hydrogen-bond donors (Lipinski definition) is 2. The molecule has 3 aromatic rings. The van der Waals surface area contributed by atoms with Crippen LogP contribution >= 0.6 is 0 Å². The van der Waals surface area contributed by atoms with E-state index in [2.05, 4.69) is 19.1 Å². The Labute approximate surface area is 172 Å². The van der Waals surface area contributed by atoms with Crippen LogP contribution in [0.1, 0.15) is 48.7 Å². The number of carboxylic acids is 1. The highest BCUT2D eigenvalue weighted by atomic mass is 32.2. The molecule has 7 heteroatoms. The summed E-state index contributed by atoms with van der Waals surface area (Å²) in [5.74, 6) is -0.771. The Balaban J connectivity index is 2.12. The highest BCUT2D eigenvalue weighted by Gasteiger charge is 2.17. The van der Waals surface area contributed by atoms with Gasteiger partial charge in [0.15, 0.2) is 0 Å². The quantitative estimate of drug-likeness (QED) is 0.411. The molecule has 2 heterocycles. The van der Waals surface area contributed by atoms with Crippen LogP contribution in [0.3, 0.4) is 0 Å². The second-order valence-corrected chi connectivity index (χ2v) is 8.19. The Bertz CT molecular complexity index is 1110. The molecule has 154 valence electrons. The lowest BCUT2D eigenvalue weighted by Gasteiger charge is -2.16. The van der Waals surface area contributed by atoms with Crippen molar-refractivity contribution in [2.45, 2.75) is 51.7 Å². The molecule has 6 nitrogen and oxygen atoms in total.